The molecule has 0 aromatic heterocycles. The smallest absolute Gasteiger partial charge is 0.258 e. The zero-order valence-corrected chi connectivity index (χ0v) is 16.3. The Labute approximate surface area is 156 Å². The maximum absolute atomic E-state index is 12.4. The Kier molecular flexibility index (Phi) is 7.07. The average molecular weight is 355 g/mol. The molecule has 0 aliphatic heterocycles. The molecule has 0 unspecified atom stereocenters. The Balaban J connectivity index is 1.99. The van der Waals surface area contributed by atoms with E-state index in [2.05, 4.69) is 26.1 Å². The van der Waals surface area contributed by atoms with E-state index in [1.807, 2.05) is 49.4 Å². The largest absolute Gasteiger partial charge is 0.497 e. The van der Waals surface area contributed by atoms with E-state index in [9.17, 15) is 4.79 Å². The molecule has 1 amide bonds. The van der Waals surface area contributed by atoms with E-state index in [0.29, 0.717) is 11.7 Å². The molecule has 0 aliphatic rings. The molecule has 0 heterocycles. The van der Waals surface area contributed by atoms with Crippen molar-refractivity contribution in [3.8, 4) is 11.5 Å². The van der Waals surface area contributed by atoms with Gasteiger partial charge in [0.2, 0.25) is 0 Å². The molecule has 0 radical (unpaired) electrons. The molecule has 4 nitrogen and oxygen atoms in total. The van der Waals surface area contributed by atoms with Crippen LogP contribution in [0.25, 0.3) is 0 Å². The summed E-state index contributed by atoms with van der Waals surface area (Å²) in [7, 11) is 1.65. The molecule has 0 saturated carbocycles. The molecule has 140 valence electrons. The second-order valence-electron chi connectivity index (χ2n) is 7.06. The van der Waals surface area contributed by atoms with Crippen LogP contribution in [0.15, 0.2) is 42.5 Å². The van der Waals surface area contributed by atoms with Gasteiger partial charge in [0.1, 0.15) is 11.5 Å². The lowest BCUT2D eigenvalue weighted by atomic mass is 9.97. The molecule has 0 aliphatic carbocycles. The van der Waals surface area contributed by atoms with Crippen molar-refractivity contribution in [2.45, 2.75) is 40.2 Å². The number of nitrogens with one attached hydrogen (secondary N) is 1. The number of aryl methyl sites for hydroxylation is 2. The molecule has 4 heteroatoms. The van der Waals surface area contributed by atoms with Crippen LogP contribution < -0.4 is 14.8 Å². The zero-order chi connectivity index (χ0) is 19.1. The van der Waals surface area contributed by atoms with E-state index in [1.165, 1.54) is 5.56 Å². The van der Waals surface area contributed by atoms with E-state index >= 15 is 0 Å². The summed E-state index contributed by atoms with van der Waals surface area (Å²) in [5.74, 6) is 1.86. The fourth-order valence-electron chi connectivity index (χ4n) is 2.77. The number of amides is 1. The number of ether oxygens (including phenoxy) is 2. The van der Waals surface area contributed by atoms with Crippen LogP contribution in [0.3, 0.4) is 0 Å². The monoisotopic (exact) mass is 355 g/mol. The lowest BCUT2D eigenvalue weighted by Crippen LogP contribution is -2.33. The molecule has 2 rings (SSSR count). The summed E-state index contributed by atoms with van der Waals surface area (Å²) in [5, 5.41) is 3.09. The minimum Gasteiger partial charge on any atom is -0.497 e. The molecule has 26 heavy (non-hydrogen) atoms. The first-order chi connectivity index (χ1) is 12.4. The number of carbonyl (C=O) groups is 1. The Bertz CT molecular complexity index is 723. The number of rotatable bonds is 8. The third-order valence-electron chi connectivity index (χ3n) is 4.41. The molecule has 0 bridgehead atoms. The molecular formula is C22H29NO3. The van der Waals surface area contributed by atoms with Crippen LogP contribution in [0.4, 0.5) is 0 Å². The predicted molar refractivity (Wildman–Crippen MR) is 105 cm³/mol. The highest BCUT2D eigenvalue weighted by Crippen LogP contribution is 2.23. The van der Waals surface area contributed by atoms with Crippen LogP contribution in [-0.2, 0) is 4.79 Å². The normalized spacial score (nSPS) is 11.9. The second-order valence-corrected chi connectivity index (χ2v) is 7.06. The van der Waals surface area contributed by atoms with Gasteiger partial charge in [0, 0.05) is 0 Å². The Morgan fingerprint density at radius 1 is 1.00 bits per heavy atom. The summed E-state index contributed by atoms with van der Waals surface area (Å²) in [6.45, 7) is 8.39. The Hall–Kier alpha value is -2.49. The van der Waals surface area contributed by atoms with Crippen molar-refractivity contribution in [3.05, 3.63) is 59.2 Å². The van der Waals surface area contributed by atoms with Gasteiger partial charge in [-0.25, -0.2) is 0 Å². The van der Waals surface area contributed by atoms with Crippen LogP contribution in [0.5, 0.6) is 11.5 Å². The van der Waals surface area contributed by atoms with Crippen molar-refractivity contribution in [2.24, 2.45) is 5.92 Å². The van der Waals surface area contributed by atoms with Crippen molar-refractivity contribution < 1.29 is 14.3 Å². The lowest BCUT2D eigenvalue weighted by Gasteiger charge is -2.21. The van der Waals surface area contributed by atoms with Crippen LogP contribution >= 0.6 is 0 Å². The van der Waals surface area contributed by atoms with Gasteiger partial charge in [0.15, 0.2) is 6.61 Å². The first-order valence-electron chi connectivity index (χ1n) is 9.02. The Morgan fingerprint density at radius 3 is 2.23 bits per heavy atom. The van der Waals surface area contributed by atoms with E-state index in [0.717, 1.165) is 23.3 Å². The zero-order valence-electron chi connectivity index (χ0n) is 16.3. The summed E-state index contributed by atoms with van der Waals surface area (Å²) >= 11 is 0. The molecule has 0 saturated heterocycles. The highest BCUT2D eigenvalue weighted by molar-refractivity contribution is 5.78. The van der Waals surface area contributed by atoms with Crippen LogP contribution in [0, 0.1) is 19.8 Å². The van der Waals surface area contributed by atoms with Gasteiger partial charge in [-0.3, -0.25) is 4.79 Å². The van der Waals surface area contributed by atoms with E-state index in [4.69, 9.17) is 9.47 Å². The summed E-state index contributed by atoms with van der Waals surface area (Å²) < 4.78 is 10.9. The topological polar surface area (TPSA) is 47.6 Å². The molecule has 1 atom stereocenters. The highest BCUT2D eigenvalue weighted by Gasteiger charge is 2.17. The van der Waals surface area contributed by atoms with Crippen LogP contribution in [0.1, 0.15) is 43.0 Å². The van der Waals surface area contributed by atoms with Gasteiger partial charge < -0.3 is 14.8 Å². The standard InChI is InChI=1S/C22H29NO3/c1-15(2)12-21(18-7-10-19(25-5)11-8-18)23-22(24)14-26-20-9-6-16(3)17(4)13-20/h6-11,13,15,21H,12,14H2,1-5H3,(H,23,24)/t21-/m0/s1. The summed E-state index contributed by atoms with van der Waals surface area (Å²) in [5.41, 5.74) is 3.43. The molecule has 0 fully saturated rings. The first kappa shape index (κ1) is 19.8. The average Bonchev–Trinajstić information content (AvgIpc) is 2.62. The van der Waals surface area contributed by atoms with Crippen molar-refractivity contribution >= 4 is 5.91 Å². The minimum atomic E-state index is -0.121. The van der Waals surface area contributed by atoms with Gasteiger partial charge in [0.05, 0.1) is 13.2 Å². The quantitative estimate of drug-likeness (QED) is 0.753. The van der Waals surface area contributed by atoms with Gasteiger partial charge in [-0.1, -0.05) is 32.0 Å². The maximum Gasteiger partial charge on any atom is 0.258 e. The van der Waals surface area contributed by atoms with Crippen molar-refractivity contribution in [1.82, 2.24) is 5.32 Å². The third-order valence-corrected chi connectivity index (χ3v) is 4.41. The lowest BCUT2D eigenvalue weighted by molar-refractivity contribution is -0.124. The highest BCUT2D eigenvalue weighted by atomic mass is 16.5. The number of hydrogen-bond acceptors (Lipinski definition) is 3. The summed E-state index contributed by atoms with van der Waals surface area (Å²) in [6, 6.07) is 13.6. The SMILES string of the molecule is COc1ccc([C@H](CC(C)C)NC(=O)COc2ccc(C)c(C)c2)cc1. The third kappa shape index (κ3) is 5.80. The number of carbonyl (C=O) groups excluding carboxylic acids is 1. The molecular weight excluding hydrogens is 326 g/mol. The second kappa shape index (κ2) is 9.27. The Morgan fingerprint density at radius 2 is 1.65 bits per heavy atom. The number of methoxy groups -OCH3 is 1. The van der Waals surface area contributed by atoms with Gasteiger partial charge >= 0.3 is 0 Å². The van der Waals surface area contributed by atoms with E-state index in [-0.39, 0.29) is 18.6 Å². The van der Waals surface area contributed by atoms with Crippen LogP contribution in [0.2, 0.25) is 0 Å². The van der Waals surface area contributed by atoms with Crippen molar-refractivity contribution in [2.75, 3.05) is 13.7 Å². The molecule has 1 N–H and O–H groups in total. The molecule has 2 aromatic carbocycles. The minimum absolute atomic E-state index is 0.00719. The fraction of sp³-hybridized carbons (Fsp3) is 0.409. The van der Waals surface area contributed by atoms with E-state index in [1.54, 1.807) is 7.11 Å². The summed E-state index contributed by atoms with van der Waals surface area (Å²) in [4.78, 5) is 12.4. The summed E-state index contributed by atoms with van der Waals surface area (Å²) in [6.07, 6.45) is 0.863. The molecule has 2 aromatic rings. The van der Waals surface area contributed by atoms with Gasteiger partial charge in [0.25, 0.3) is 5.91 Å². The van der Waals surface area contributed by atoms with Crippen molar-refractivity contribution in [1.29, 1.82) is 0 Å². The predicted octanol–water partition coefficient (Wildman–Crippen LogP) is 4.59. The number of hydrogen-bond donors (Lipinski definition) is 1. The maximum atomic E-state index is 12.4. The van der Waals surface area contributed by atoms with Crippen molar-refractivity contribution in [3.63, 3.8) is 0 Å². The number of benzene rings is 2. The fourth-order valence-corrected chi connectivity index (χ4v) is 2.77. The first-order valence-corrected chi connectivity index (χ1v) is 9.02. The van der Waals surface area contributed by atoms with Crippen LogP contribution in [-0.4, -0.2) is 19.6 Å². The van der Waals surface area contributed by atoms with Gasteiger partial charge in [-0.15, -0.1) is 0 Å². The van der Waals surface area contributed by atoms with E-state index < -0.39 is 0 Å². The van der Waals surface area contributed by atoms with Gasteiger partial charge in [-0.2, -0.15) is 0 Å². The van der Waals surface area contributed by atoms with Gasteiger partial charge in [-0.05, 0) is 67.1 Å². The molecule has 0 spiro atoms.